The molecule has 0 unspecified atom stereocenters. The quantitative estimate of drug-likeness (QED) is 0.722. The number of nitrogens with one attached hydrogen (secondary N) is 3. The standard InChI is InChI=1S/C18H25N5O2/c1-4-8-20-17(24)14-7-6-13(3)16(9-14)22-18(25)21-11-15-10-19-12-23(15)5-2/h6-7,9-10,12H,4-5,8,11H2,1-3H3,(H,20,24)(H2,21,22,25). The van der Waals surface area contributed by atoms with Crippen LogP contribution in [0.4, 0.5) is 10.5 Å². The third-order valence-corrected chi connectivity index (χ3v) is 3.85. The molecule has 1 aromatic heterocycles. The molecule has 0 fully saturated rings. The Labute approximate surface area is 147 Å². The van der Waals surface area contributed by atoms with Crippen LogP contribution in [-0.4, -0.2) is 28.0 Å². The van der Waals surface area contributed by atoms with Gasteiger partial charge >= 0.3 is 6.03 Å². The molecule has 2 aromatic rings. The third-order valence-electron chi connectivity index (χ3n) is 3.85. The number of nitrogens with zero attached hydrogens (tertiary/aromatic N) is 2. The number of aromatic nitrogens is 2. The predicted molar refractivity (Wildman–Crippen MR) is 97.6 cm³/mol. The second kappa shape index (κ2) is 8.86. The van der Waals surface area contributed by atoms with E-state index in [4.69, 9.17) is 0 Å². The highest BCUT2D eigenvalue weighted by molar-refractivity contribution is 5.97. The molecule has 0 saturated heterocycles. The fraction of sp³-hybridized carbons (Fsp3) is 0.389. The van der Waals surface area contributed by atoms with Gasteiger partial charge < -0.3 is 20.5 Å². The van der Waals surface area contributed by atoms with Crippen LogP contribution < -0.4 is 16.0 Å². The Balaban J connectivity index is 1.98. The molecule has 0 aliphatic rings. The fourth-order valence-corrected chi connectivity index (χ4v) is 2.36. The first-order valence-corrected chi connectivity index (χ1v) is 8.47. The van der Waals surface area contributed by atoms with Crippen LogP contribution in [0.15, 0.2) is 30.7 Å². The van der Waals surface area contributed by atoms with Crippen molar-refractivity contribution in [3.8, 4) is 0 Å². The first-order chi connectivity index (χ1) is 12.0. The van der Waals surface area contributed by atoms with Gasteiger partial charge in [0.2, 0.25) is 0 Å². The third kappa shape index (κ3) is 5.07. The van der Waals surface area contributed by atoms with Crippen molar-refractivity contribution in [1.29, 1.82) is 0 Å². The van der Waals surface area contributed by atoms with Gasteiger partial charge in [0, 0.05) is 30.5 Å². The second-order valence-electron chi connectivity index (χ2n) is 5.76. The van der Waals surface area contributed by atoms with E-state index >= 15 is 0 Å². The number of hydrogen-bond acceptors (Lipinski definition) is 3. The van der Waals surface area contributed by atoms with Crippen LogP contribution in [0, 0.1) is 6.92 Å². The van der Waals surface area contributed by atoms with E-state index in [1.165, 1.54) is 0 Å². The van der Waals surface area contributed by atoms with Gasteiger partial charge in [0.25, 0.3) is 5.91 Å². The van der Waals surface area contributed by atoms with E-state index in [0.717, 1.165) is 24.2 Å². The highest BCUT2D eigenvalue weighted by Crippen LogP contribution is 2.17. The lowest BCUT2D eigenvalue weighted by Crippen LogP contribution is -2.29. The molecular formula is C18H25N5O2. The molecule has 0 saturated carbocycles. The van der Waals surface area contributed by atoms with Crippen molar-refractivity contribution in [2.45, 2.75) is 40.3 Å². The molecule has 25 heavy (non-hydrogen) atoms. The lowest BCUT2D eigenvalue weighted by atomic mass is 10.1. The first kappa shape index (κ1) is 18.5. The molecule has 0 radical (unpaired) electrons. The van der Waals surface area contributed by atoms with Crippen LogP contribution in [-0.2, 0) is 13.1 Å². The summed E-state index contributed by atoms with van der Waals surface area (Å²) in [5.74, 6) is -0.142. The van der Waals surface area contributed by atoms with Gasteiger partial charge in [0.15, 0.2) is 0 Å². The largest absolute Gasteiger partial charge is 0.352 e. The van der Waals surface area contributed by atoms with E-state index in [1.54, 1.807) is 24.7 Å². The van der Waals surface area contributed by atoms with Crippen molar-refractivity contribution in [2.75, 3.05) is 11.9 Å². The molecular weight excluding hydrogens is 318 g/mol. The Hall–Kier alpha value is -2.83. The minimum atomic E-state index is -0.321. The van der Waals surface area contributed by atoms with Crippen LogP contribution in [0.3, 0.4) is 0 Å². The maximum atomic E-state index is 12.2. The number of hydrogen-bond donors (Lipinski definition) is 3. The van der Waals surface area contributed by atoms with Crippen molar-refractivity contribution < 1.29 is 9.59 Å². The number of amides is 3. The fourth-order valence-electron chi connectivity index (χ4n) is 2.36. The number of rotatable bonds is 7. The van der Waals surface area contributed by atoms with Crippen molar-refractivity contribution in [3.05, 3.63) is 47.5 Å². The molecule has 0 aliphatic heterocycles. The molecule has 3 amide bonds. The summed E-state index contributed by atoms with van der Waals surface area (Å²) in [6.45, 7) is 7.71. The van der Waals surface area contributed by atoms with Gasteiger partial charge in [0.1, 0.15) is 0 Å². The SMILES string of the molecule is CCCNC(=O)c1ccc(C)c(NC(=O)NCc2cncn2CC)c1. The van der Waals surface area contributed by atoms with E-state index in [2.05, 4.69) is 20.9 Å². The summed E-state index contributed by atoms with van der Waals surface area (Å²) in [5.41, 5.74) is 2.96. The van der Waals surface area contributed by atoms with Gasteiger partial charge in [0.05, 0.1) is 18.6 Å². The average Bonchev–Trinajstić information content (AvgIpc) is 3.07. The molecule has 0 aliphatic carbocycles. The molecule has 7 nitrogen and oxygen atoms in total. The summed E-state index contributed by atoms with van der Waals surface area (Å²) in [5, 5.41) is 8.44. The molecule has 1 aromatic carbocycles. The van der Waals surface area contributed by atoms with Crippen molar-refractivity contribution in [2.24, 2.45) is 0 Å². The summed E-state index contributed by atoms with van der Waals surface area (Å²) < 4.78 is 1.96. The summed E-state index contributed by atoms with van der Waals surface area (Å²) in [7, 11) is 0. The maximum absolute atomic E-state index is 12.2. The highest BCUT2D eigenvalue weighted by atomic mass is 16.2. The van der Waals surface area contributed by atoms with E-state index in [-0.39, 0.29) is 11.9 Å². The number of urea groups is 1. The summed E-state index contributed by atoms with van der Waals surface area (Å²) in [6, 6.07) is 4.94. The molecule has 0 bridgehead atoms. The summed E-state index contributed by atoms with van der Waals surface area (Å²) >= 11 is 0. The lowest BCUT2D eigenvalue weighted by molar-refractivity contribution is 0.0953. The van der Waals surface area contributed by atoms with Crippen molar-refractivity contribution >= 4 is 17.6 Å². The molecule has 134 valence electrons. The number of carbonyl (C=O) groups excluding carboxylic acids is 2. The van der Waals surface area contributed by atoms with Crippen LogP contribution in [0.5, 0.6) is 0 Å². The summed E-state index contributed by atoms with van der Waals surface area (Å²) in [4.78, 5) is 28.3. The normalized spacial score (nSPS) is 10.4. The summed E-state index contributed by atoms with van der Waals surface area (Å²) in [6.07, 6.45) is 4.34. The van der Waals surface area contributed by atoms with Gasteiger partial charge in [-0.2, -0.15) is 0 Å². The van der Waals surface area contributed by atoms with E-state index in [9.17, 15) is 9.59 Å². The van der Waals surface area contributed by atoms with E-state index < -0.39 is 0 Å². The van der Waals surface area contributed by atoms with Gasteiger partial charge in [-0.3, -0.25) is 4.79 Å². The number of benzene rings is 1. The predicted octanol–water partition coefficient (Wildman–Crippen LogP) is 2.67. The van der Waals surface area contributed by atoms with Gasteiger partial charge in [-0.1, -0.05) is 13.0 Å². The van der Waals surface area contributed by atoms with Crippen LogP contribution in [0.2, 0.25) is 0 Å². The topological polar surface area (TPSA) is 88.1 Å². The zero-order chi connectivity index (χ0) is 18.2. The van der Waals surface area contributed by atoms with Gasteiger partial charge in [-0.15, -0.1) is 0 Å². The minimum Gasteiger partial charge on any atom is -0.352 e. The molecule has 2 rings (SSSR count). The number of imidazole rings is 1. The van der Waals surface area contributed by atoms with Crippen molar-refractivity contribution in [3.63, 3.8) is 0 Å². The van der Waals surface area contributed by atoms with Gasteiger partial charge in [-0.05, 0) is 38.0 Å². The number of aryl methyl sites for hydroxylation is 2. The van der Waals surface area contributed by atoms with Crippen LogP contribution >= 0.6 is 0 Å². The van der Waals surface area contributed by atoms with Crippen LogP contribution in [0.25, 0.3) is 0 Å². The van der Waals surface area contributed by atoms with E-state index in [1.807, 2.05) is 31.4 Å². The Morgan fingerprint density at radius 1 is 1.20 bits per heavy atom. The maximum Gasteiger partial charge on any atom is 0.319 e. The van der Waals surface area contributed by atoms with E-state index in [0.29, 0.717) is 24.3 Å². The Morgan fingerprint density at radius 2 is 2.00 bits per heavy atom. The smallest absolute Gasteiger partial charge is 0.319 e. The highest BCUT2D eigenvalue weighted by Gasteiger charge is 2.10. The molecule has 7 heteroatoms. The Morgan fingerprint density at radius 3 is 2.72 bits per heavy atom. The molecule has 1 heterocycles. The number of anilines is 1. The Kier molecular flexibility index (Phi) is 6.56. The first-order valence-electron chi connectivity index (χ1n) is 8.47. The molecule has 0 spiro atoms. The molecule has 0 atom stereocenters. The van der Waals surface area contributed by atoms with Gasteiger partial charge in [-0.25, -0.2) is 9.78 Å². The minimum absolute atomic E-state index is 0.142. The number of carbonyl (C=O) groups is 2. The molecule has 3 N–H and O–H groups in total. The lowest BCUT2D eigenvalue weighted by Gasteiger charge is -2.12. The second-order valence-corrected chi connectivity index (χ2v) is 5.76. The zero-order valence-corrected chi connectivity index (χ0v) is 14.9. The zero-order valence-electron chi connectivity index (χ0n) is 14.9. The van der Waals surface area contributed by atoms with Crippen LogP contribution in [0.1, 0.15) is 41.9 Å². The average molecular weight is 343 g/mol. The Bertz CT molecular complexity index is 739. The van der Waals surface area contributed by atoms with Crippen molar-refractivity contribution in [1.82, 2.24) is 20.2 Å². The monoisotopic (exact) mass is 343 g/mol.